The Morgan fingerprint density at radius 2 is 2.04 bits per heavy atom. The number of hydrogen-bond acceptors (Lipinski definition) is 5. The molecule has 5 atom stereocenters. The van der Waals surface area contributed by atoms with Crippen molar-refractivity contribution in [1.82, 2.24) is 9.80 Å². The number of rotatable bonds is 3. The maximum absolute atomic E-state index is 12.3. The van der Waals surface area contributed by atoms with Gasteiger partial charge in [-0.25, -0.2) is 0 Å². The molecule has 3 aliphatic carbocycles. The molecule has 1 aromatic rings. The van der Waals surface area contributed by atoms with Gasteiger partial charge in [-0.3, -0.25) is 4.90 Å². The molecule has 1 spiro atoms. The van der Waals surface area contributed by atoms with Crippen LogP contribution in [0, 0.1) is 5.92 Å². The van der Waals surface area contributed by atoms with Gasteiger partial charge in [0.1, 0.15) is 6.10 Å². The Hall–Kier alpha value is -1.30. The Balaban J connectivity index is 1.55. The summed E-state index contributed by atoms with van der Waals surface area (Å²) in [6.45, 7) is 2.16. The lowest BCUT2D eigenvalue weighted by Gasteiger charge is -2.64. The molecule has 1 saturated heterocycles. The number of phenolic OH excluding ortho intramolecular Hbond substituents is 1. The summed E-state index contributed by atoms with van der Waals surface area (Å²) in [6, 6.07) is 4.30. The van der Waals surface area contributed by atoms with Crippen LogP contribution in [0.5, 0.6) is 11.5 Å². The second-order valence-electron chi connectivity index (χ2n) is 9.86. The number of aliphatic hydroxyl groups is 1. The first-order chi connectivity index (χ1) is 13.0. The summed E-state index contributed by atoms with van der Waals surface area (Å²) in [7, 11) is 4.22. The Morgan fingerprint density at radius 1 is 1.22 bits per heavy atom. The maximum atomic E-state index is 12.3. The number of phenols is 1. The van der Waals surface area contributed by atoms with Gasteiger partial charge in [0.25, 0.3) is 0 Å². The van der Waals surface area contributed by atoms with E-state index in [9.17, 15) is 10.2 Å². The highest BCUT2D eigenvalue weighted by Crippen LogP contribution is 2.65. The van der Waals surface area contributed by atoms with Crippen LogP contribution in [-0.4, -0.2) is 71.0 Å². The van der Waals surface area contributed by atoms with E-state index in [2.05, 4.69) is 30.0 Å². The third kappa shape index (κ3) is 1.91. The number of ether oxygens (including phenoxy) is 1. The summed E-state index contributed by atoms with van der Waals surface area (Å²) in [6.07, 6.45) is 6.15. The van der Waals surface area contributed by atoms with E-state index in [0.717, 1.165) is 50.3 Å². The molecule has 5 heteroatoms. The minimum atomic E-state index is -0.761. The lowest BCUT2D eigenvalue weighted by molar-refractivity contribution is -0.198. The Morgan fingerprint density at radius 3 is 2.78 bits per heavy atom. The number of likely N-dealkylation sites (tertiary alicyclic amines) is 1. The average molecular weight is 370 g/mol. The molecule has 0 radical (unpaired) electrons. The first-order valence-electron chi connectivity index (χ1n) is 10.6. The van der Waals surface area contributed by atoms with Gasteiger partial charge < -0.3 is 19.8 Å². The van der Waals surface area contributed by atoms with Crippen molar-refractivity contribution in [1.29, 1.82) is 0 Å². The van der Waals surface area contributed by atoms with E-state index in [0.29, 0.717) is 5.75 Å². The lowest BCUT2D eigenvalue weighted by atomic mass is 9.48. The fraction of sp³-hybridized carbons (Fsp3) is 0.727. The van der Waals surface area contributed by atoms with Gasteiger partial charge in [-0.2, -0.15) is 0 Å². The number of aromatic hydroxyl groups is 1. The smallest absolute Gasteiger partial charge is 0.165 e. The molecule has 1 aromatic carbocycles. The average Bonchev–Trinajstić information content (AvgIpc) is 3.36. The number of hydrogen-bond donors (Lipinski definition) is 2. The van der Waals surface area contributed by atoms with Gasteiger partial charge in [-0.05, 0) is 76.7 Å². The highest BCUT2D eigenvalue weighted by atomic mass is 16.5. The van der Waals surface area contributed by atoms with Crippen LogP contribution in [0.1, 0.15) is 43.2 Å². The number of benzene rings is 1. The highest BCUT2D eigenvalue weighted by Gasteiger charge is 2.73. The molecule has 2 saturated carbocycles. The summed E-state index contributed by atoms with van der Waals surface area (Å²) < 4.78 is 6.51. The van der Waals surface area contributed by atoms with Crippen molar-refractivity contribution in [2.45, 2.75) is 67.7 Å². The van der Waals surface area contributed by atoms with Crippen molar-refractivity contribution in [3.63, 3.8) is 0 Å². The minimum Gasteiger partial charge on any atom is -0.504 e. The molecule has 2 bridgehead atoms. The minimum absolute atomic E-state index is 0.0841. The van der Waals surface area contributed by atoms with Gasteiger partial charge in [0, 0.05) is 24.2 Å². The van der Waals surface area contributed by atoms with E-state index in [1.807, 2.05) is 0 Å². The molecule has 5 nitrogen and oxygen atoms in total. The van der Waals surface area contributed by atoms with E-state index < -0.39 is 5.60 Å². The van der Waals surface area contributed by atoms with Crippen LogP contribution in [-0.2, 0) is 11.8 Å². The lowest BCUT2D eigenvalue weighted by Crippen LogP contribution is -2.78. The van der Waals surface area contributed by atoms with Crippen molar-refractivity contribution in [3.8, 4) is 11.5 Å². The molecule has 0 amide bonds. The van der Waals surface area contributed by atoms with Crippen LogP contribution < -0.4 is 4.74 Å². The fourth-order valence-electron chi connectivity index (χ4n) is 6.98. The molecule has 2 aliphatic heterocycles. The van der Waals surface area contributed by atoms with Crippen LogP contribution >= 0.6 is 0 Å². The van der Waals surface area contributed by atoms with E-state index in [-0.39, 0.29) is 29.4 Å². The summed E-state index contributed by atoms with van der Waals surface area (Å²) in [5.74, 6) is 1.71. The molecule has 2 heterocycles. The number of piperidine rings is 1. The molecule has 0 unspecified atom stereocenters. The van der Waals surface area contributed by atoms with E-state index in [1.165, 1.54) is 18.4 Å². The SMILES string of the molecule is CN(C)[C@@H]1CC[C@@]2(O)[C@H]3Cc4ccc(O)c5c4[C@@]2(CCN3CC2CC2)[C@H]1O5. The van der Waals surface area contributed by atoms with Crippen LogP contribution in [0.4, 0.5) is 0 Å². The first kappa shape index (κ1) is 16.6. The Kier molecular flexibility index (Phi) is 3.20. The van der Waals surface area contributed by atoms with Crippen LogP contribution in [0.25, 0.3) is 0 Å². The van der Waals surface area contributed by atoms with Gasteiger partial charge in [0.2, 0.25) is 0 Å². The third-order valence-corrected chi connectivity index (χ3v) is 8.39. The topological polar surface area (TPSA) is 56.2 Å². The summed E-state index contributed by atoms with van der Waals surface area (Å²) in [5, 5.41) is 22.8. The molecule has 2 N–H and O–H groups in total. The number of nitrogens with zero attached hydrogens (tertiary/aromatic N) is 2. The molecule has 146 valence electrons. The molecule has 6 rings (SSSR count). The molecule has 3 fully saturated rings. The molecule has 5 aliphatic rings. The van der Waals surface area contributed by atoms with Crippen LogP contribution in [0.15, 0.2) is 12.1 Å². The zero-order chi connectivity index (χ0) is 18.6. The third-order valence-electron chi connectivity index (χ3n) is 8.39. The normalized spacial score (nSPS) is 42.1. The second kappa shape index (κ2) is 5.19. The quantitative estimate of drug-likeness (QED) is 0.851. The van der Waals surface area contributed by atoms with Crippen molar-refractivity contribution in [2.24, 2.45) is 5.92 Å². The highest BCUT2D eigenvalue weighted by molar-refractivity contribution is 5.62. The number of likely N-dealkylation sites (N-methyl/N-ethyl adjacent to an activating group) is 1. The summed E-state index contributed by atoms with van der Waals surface area (Å²) in [5.41, 5.74) is 1.26. The predicted octanol–water partition coefficient (Wildman–Crippen LogP) is 1.89. The Bertz CT molecular complexity index is 807. The zero-order valence-corrected chi connectivity index (χ0v) is 16.3. The van der Waals surface area contributed by atoms with Gasteiger partial charge in [-0.1, -0.05) is 6.07 Å². The van der Waals surface area contributed by atoms with E-state index in [1.54, 1.807) is 6.07 Å². The summed E-state index contributed by atoms with van der Waals surface area (Å²) >= 11 is 0. The molecule has 27 heavy (non-hydrogen) atoms. The van der Waals surface area contributed by atoms with Gasteiger partial charge in [-0.15, -0.1) is 0 Å². The summed E-state index contributed by atoms with van der Waals surface area (Å²) in [4.78, 5) is 4.84. The largest absolute Gasteiger partial charge is 0.504 e. The van der Waals surface area contributed by atoms with E-state index in [4.69, 9.17) is 4.74 Å². The molecule has 0 aromatic heterocycles. The second-order valence-corrected chi connectivity index (χ2v) is 9.86. The monoisotopic (exact) mass is 370 g/mol. The van der Waals surface area contributed by atoms with Gasteiger partial charge >= 0.3 is 0 Å². The van der Waals surface area contributed by atoms with Crippen LogP contribution in [0.2, 0.25) is 0 Å². The first-order valence-corrected chi connectivity index (χ1v) is 10.6. The van der Waals surface area contributed by atoms with Crippen LogP contribution in [0.3, 0.4) is 0 Å². The van der Waals surface area contributed by atoms with Crippen molar-refractivity contribution in [3.05, 3.63) is 23.3 Å². The zero-order valence-electron chi connectivity index (χ0n) is 16.3. The van der Waals surface area contributed by atoms with Gasteiger partial charge in [0.05, 0.1) is 11.0 Å². The van der Waals surface area contributed by atoms with Crippen molar-refractivity contribution >= 4 is 0 Å². The van der Waals surface area contributed by atoms with Crippen molar-refractivity contribution in [2.75, 3.05) is 27.2 Å². The fourth-order valence-corrected chi connectivity index (χ4v) is 6.98. The van der Waals surface area contributed by atoms with Gasteiger partial charge in [0.15, 0.2) is 11.5 Å². The van der Waals surface area contributed by atoms with E-state index >= 15 is 0 Å². The predicted molar refractivity (Wildman–Crippen MR) is 102 cm³/mol. The standard InChI is InChI=1S/C22H30N2O3/c1-23(2)15-7-8-22(26)17-11-14-5-6-16(25)19-18(14)21(22,20(15)27-19)9-10-24(17)12-13-3-4-13/h5-6,13,15,17,20,25-26H,3-4,7-12H2,1-2H3/t15-,17-,20+,21+,22-/m1/s1. The maximum Gasteiger partial charge on any atom is 0.165 e. The molecular formula is C22H30N2O3. The Labute approximate surface area is 160 Å². The van der Waals surface area contributed by atoms with Crippen molar-refractivity contribution < 1.29 is 14.9 Å². The molecular weight excluding hydrogens is 340 g/mol.